The Labute approximate surface area is 119 Å². The molecular formula is C16H22O4. The third-order valence-corrected chi connectivity index (χ3v) is 4.17. The second-order valence-electron chi connectivity index (χ2n) is 5.78. The zero-order valence-corrected chi connectivity index (χ0v) is 11.9. The summed E-state index contributed by atoms with van der Waals surface area (Å²) in [5.41, 5.74) is 0.330. The largest absolute Gasteiger partial charge is 0.490 e. The maximum Gasteiger partial charge on any atom is 0.161 e. The number of aliphatic hydroxyl groups excluding tert-OH is 1. The zero-order chi connectivity index (χ0) is 14.0. The van der Waals surface area contributed by atoms with E-state index in [2.05, 4.69) is 0 Å². The molecule has 1 aromatic rings. The van der Waals surface area contributed by atoms with Crippen LogP contribution in [0, 0.1) is 0 Å². The van der Waals surface area contributed by atoms with Gasteiger partial charge in [-0.05, 0) is 43.9 Å². The number of rotatable bonds is 2. The maximum absolute atomic E-state index is 10.7. The minimum absolute atomic E-state index is 0.502. The van der Waals surface area contributed by atoms with Crippen molar-refractivity contribution >= 4 is 0 Å². The van der Waals surface area contributed by atoms with Gasteiger partial charge in [-0.15, -0.1) is 0 Å². The van der Waals surface area contributed by atoms with Gasteiger partial charge in [-0.1, -0.05) is 6.07 Å². The summed E-state index contributed by atoms with van der Waals surface area (Å²) in [6.07, 6.45) is 3.29. The molecule has 0 amide bonds. The summed E-state index contributed by atoms with van der Waals surface area (Å²) in [6, 6.07) is 5.67. The van der Waals surface area contributed by atoms with Crippen molar-refractivity contribution in [3.05, 3.63) is 23.8 Å². The van der Waals surface area contributed by atoms with Crippen LogP contribution < -0.4 is 9.47 Å². The molecule has 0 aromatic heterocycles. The molecule has 110 valence electrons. The first-order chi connectivity index (χ1) is 9.69. The van der Waals surface area contributed by atoms with E-state index in [1.807, 2.05) is 25.1 Å². The maximum atomic E-state index is 10.7. The summed E-state index contributed by atoms with van der Waals surface area (Å²) in [5, 5.41) is 10.7. The normalized spacial score (nSPS) is 27.7. The van der Waals surface area contributed by atoms with Crippen LogP contribution in [0.5, 0.6) is 11.5 Å². The van der Waals surface area contributed by atoms with Crippen LogP contribution >= 0.6 is 0 Å². The van der Waals surface area contributed by atoms with E-state index < -0.39 is 11.7 Å². The van der Waals surface area contributed by atoms with Gasteiger partial charge in [0.1, 0.15) is 6.10 Å². The zero-order valence-electron chi connectivity index (χ0n) is 11.9. The average Bonchev–Trinajstić information content (AvgIpc) is 2.71. The summed E-state index contributed by atoms with van der Waals surface area (Å²) in [5.74, 6) is 1.48. The highest BCUT2D eigenvalue weighted by molar-refractivity contribution is 5.44. The Morgan fingerprint density at radius 1 is 1.05 bits per heavy atom. The summed E-state index contributed by atoms with van der Waals surface area (Å²) >= 11 is 0. The van der Waals surface area contributed by atoms with E-state index in [4.69, 9.17) is 14.2 Å². The number of fused-ring (bicyclic) bond motifs is 1. The van der Waals surface area contributed by atoms with Crippen molar-refractivity contribution in [2.75, 3.05) is 19.8 Å². The van der Waals surface area contributed by atoms with E-state index in [0.717, 1.165) is 49.4 Å². The summed E-state index contributed by atoms with van der Waals surface area (Å²) in [7, 11) is 0. The van der Waals surface area contributed by atoms with Gasteiger partial charge >= 0.3 is 0 Å². The predicted molar refractivity (Wildman–Crippen MR) is 75.2 cm³/mol. The van der Waals surface area contributed by atoms with Crippen LogP contribution in [0.25, 0.3) is 0 Å². The molecule has 2 heterocycles. The molecule has 1 fully saturated rings. The molecular weight excluding hydrogens is 256 g/mol. The number of ether oxygens (including phenoxy) is 3. The molecule has 2 atom stereocenters. The van der Waals surface area contributed by atoms with Gasteiger partial charge in [0.2, 0.25) is 0 Å². The molecule has 2 aliphatic rings. The molecule has 0 bridgehead atoms. The highest BCUT2D eigenvalue weighted by Gasteiger charge is 2.37. The Morgan fingerprint density at radius 2 is 1.85 bits per heavy atom. The molecule has 1 aromatic carbocycles. The molecule has 4 heteroatoms. The van der Waals surface area contributed by atoms with Gasteiger partial charge < -0.3 is 19.3 Å². The van der Waals surface area contributed by atoms with Gasteiger partial charge in [0.25, 0.3) is 0 Å². The van der Waals surface area contributed by atoms with Crippen LogP contribution in [-0.2, 0) is 4.74 Å². The standard InChI is InChI=1S/C16H22O4/c1-16(7-2-3-10-20-16)15(17)12-5-6-13-14(11-12)19-9-4-8-18-13/h5-6,11,15,17H,2-4,7-10H2,1H3. The smallest absolute Gasteiger partial charge is 0.161 e. The lowest BCUT2D eigenvalue weighted by Gasteiger charge is -2.38. The monoisotopic (exact) mass is 278 g/mol. The quantitative estimate of drug-likeness (QED) is 0.903. The predicted octanol–water partition coefficient (Wildman–Crippen LogP) is 2.84. The van der Waals surface area contributed by atoms with E-state index in [0.29, 0.717) is 13.2 Å². The molecule has 2 aliphatic heterocycles. The lowest BCUT2D eigenvalue weighted by atomic mass is 9.86. The summed E-state index contributed by atoms with van der Waals surface area (Å²) < 4.78 is 17.1. The van der Waals surface area contributed by atoms with Crippen LogP contribution in [0.3, 0.4) is 0 Å². The fourth-order valence-corrected chi connectivity index (χ4v) is 2.87. The molecule has 0 radical (unpaired) electrons. The SMILES string of the molecule is CC1(C(O)c2ccc3c(c2)OCCCO3)CCCCO1. The second-order valence-corrected chi connectivity index (χ2v) is 5.78. The Hall–Kier alpha value is -1.26. The van der Waals surface area contributed by atoms with Gasteiger partial charge in [-0.3, -0.25) is 0 Å². The molecule has 1 saturated heterocycles. The molecule has 1 N–H and O–H groups in total. The first-order valence-electron chi connectivity index (χ1n) is 7.41. The van der Waals surface area contributed by atoms with Gasteiger partial charge in [0.15, 0.2) is 11.5 Å². The number of benzene rings is 1. The summed E-state index contributed by atoms with van der Waals surface area (Å²) in [4.78, 5) is 0. The average molecular weight is 278 g/mol. The lowest BCUT2D eigenvalue weighted by molar-refractivity contribution is -0.138. The van der Waals surface area contributed by atoms with Crippen LogP contribution in [0.4, 0.5) is 0 Å². The number of hydrogen-bond donors (Lipinski definition) is 1. The van der Waals surface area contributed by atoms with Gasteiger partial charge in [-0.25, -0.2) is 0 Å². The molecule has 2 unspecified atom stereocenters. The van der Waals surface area contributed by atoms with Crippen molar-refractivity contribution in [2.24, 2.45) is 0 Å². The van der Waals surface area contributed by atoms with Crippen LogP contribution in [0.1, 0.15) is 44.3 Å². The van der Waals surface area contributed by atoms with Crippen molar-refractivity contribution in [2.45, 2.75) is 44.3 Å². The van der Waals surface area contributed by atoms with Crippen molar-refractivity contribution in [1.29, 1.82) is 0 Å². The van der Waals surface area contributed by atoms with Crippen LogP contribution in [-0.4, -0.2) is 30.5 Å². The Kier molecular flexibility index (Phi) is 3.85. The fourth-order valence-electron chi connectivity index (χ4n) is 2.87. The second kappa shape index (κ2) is 5.62. The Bertz CT molecular complexity index is 466. The topological polar surface area (TPSA) is 47.9 Å². The van der Waals surface area contributed by atoms with Crippen molar-refractivity contribution in [3.8, 4) is 11.5 Å². The van der Waals surface area contributed by atoms with E-state index in [-0.39, 0.29) is 0 Å². The van der Waals surface area contributed by atoms with Gasteiger partial charge in [0.05, 0.1) is 18.8 Å². The van der Waals surface area contributed by atoms with Gasteiger partial charge in [0, 0.05) is 13.0 Å². The lowest BCUT2D eigenvalue weighted by Crippen LogP contribution is -2.39. The van der Waals surface area contributed by atoms with E-state index in [9.17, 15) is 5.11 Å². The van der Waals surface area contributed by atoms with Crippen molar-refractivity contribution in [1.82, 2.24) is 0 Å². The molecule has 0 aliphatic carbocycles. The number of hydrogen-bond acceptors (Lipinski definition) is 4. The molecule has 4 nitrogen and oxygen atoms in total. The van der Waals surface area contributed by atoms with Crippen molar-refractivity contribution in [3.63, 3.8) is 0 Å². The third kappa shape index (κ3) is 2.63. The van der Waals surface area contributed by atoms with E-state index in [1.165, 1.54) is 0 Å². The molecule has 0 saturated carbocycles. The number of aliphatic hydroxyl groups is 1. The fraction of sp³-hybridized carbons (Fsp3) is 0.625. The van der Waals surface area contributed by atoms with Crippen molar-refractivity contribution < 1.29 is 19.3 Å². The molecule has 0 spiro atoms. The van der Waals surface area contributed by atoms with E-state index >= 15 is 0 Å². The first-order valence-corrected chi connectivity index (χ1v) is 7.41. The minimum atomic E-state index is -0.639. The van der Waals surface area contributed by atoms with Gasteiger partial charge in [-0.2, -0.15) is 0 Å². The van der Waals surface area contributed by atoms with E-state index in [1.54, 1.807) is 0 Å². The molecule has 20 heavy (non-hydrogen) atoms. The Morgan fingerprint density at radius 3 is 2.60 bits per heavy atom. The Balaban J connectivity index is 1.84. The molecule has 3 rings (SSSR count). The summed E-state index contributed by atoms with van der Waals surface area (Å²) in [6.45, 7) is 4.04. The van der Waals surface area contributed by atoms with Crippen LogP contribution in [0.2, 0.25) is 0 Å². The first kappa shape index (κ1) is 13.7. The highest BCUT2D eigenvalue weighted by Crippen LogP contribution is 2.39. The highest BCUT2D eigenvalue weighted by atomic mass is 16.5. The van der Waals surface area contributed by atoms with Crippen LogP contribution in [0.15, 0.2) is 18.2 Å². The third-order valence-electron chi connectivity index (χ3n) is 4.17. The minimum Gasteiger partial charge on any atom is -0.490 e.